The molecule has 4 rings (SSSR count). The Morgan fingerprint density at radius 2 is 2.05 bits per heavy atom. The van der Waals surface area contributed by atoms with E-state index in [2.05, 4.69) is 32.1 Å². The minimum Gasteiger partial charge on any atom is -0.352 e. The monoisotopic (exact) mass is 317 g/mol. The molecule has 2 aromatic rings. The van der Waals surface area contributed by atoms with E-state index in [1.165, 1.54) is 5.56 Å². The lowest BCUT2D eigenvalue weighted by Crippen LogP contribution is -2.64. The van der Waals surface area contributed by atoms with E-state index in [9.17, 15) is 4.79 Å². The number of anilines is 1. The lowest BCUT2D eigenvalue weighted by Gasteiger charge is -2.45. The van der Waals surface area contributed by atoms with Gasteiger partial charge in [-0.25, -0.2) is 9.97 Å². The summed E-state index contributed by atoms with van der Waals surface area (Å²) in [6.45, 7) is 6.42. The number of carbonyl (C=O) groups excluding carboxylic acids is 1. The van der Waals surface area contributed by atoms with E-state index in [0.717, 1.165) is 42.2 Å². The van der Waals surface area contributed by atoms with Gasteiger partial charge < -0.3 is 9.80 Å². The number of likely N-dealkylation sites (N-methyl/N-ethyl adjacent to an activating group) is 1. The highest BCUT2D eigenvalue weighted by Gasteiger charge is 2.38. The summed E-state index contributed by atoms with van der Waals surface area (Å²) in [4.78, 5) is 27.7. The average Bonchev–Trinajstić information content (AvgIpc) is 2.92. The topological polar surface area (TPSA) is 52.6 Å². The molecule has 0 saturated carbocycles. The van der Waals surface area contributed by atoms with Crippen LogP contribution in [0.3, 0.4) is 0 Å². The molecule has 2 aliphatic heterocycles. The van der Waals surface area contributed by atoms with Crippen LogP contribution >= 0.6 is 11.3 Å². The van der Waals surface area contributed by atoms with E-state index >= 15 is 0 Å². The molecule has 0 unspecified atom stereocenters. The van der Waals surface area contributed by atoms with Gasteiger partial charge in [0, 0.05) is 39.8 Å². The van der Waals surface area contributed by atoms with Gasteiger partial charge in [-0.1, -0.05) is 0 Å². The highest BCUT2D eigenvalue weighted by atomic mass is 32.1. The Balaban J connectivity index is 1.67. The van der Waals surface area contributed by atoms with Gasteiger partial charge >= 0.3 is 0 Å². The summed E-state index contributed by atoms with van der Waals surface area (Å²) in [6, 6.07) is -0.0430. The Kier molecular flexibility index (Phi) is 3.27. The van der Waals surface area contributed by atoms with E-state index in [1.54, 1.807) is 17.7 Å². The van der Waals surface area contributed by atoms with Crippen molar-refractivity contribution >= 4 is 33.3 Å². The maximum absolute atomic E-state index is 12.4. The van der Waals surface area contributed by atoms with Gasteiger partial charge in [0.1, 0.15) is 18.2 Å². The minimum atomic E-state index is -0.0430. The first kappa shape index (κ1) is 13.9. The van der Waals surface area contributed by atoms with E-state index in [-0.39, 0.29) is 11.9 Å². The fraction of sp³-hybridized carbons (Fsp3) is 0.533. The predicted molar refractivity (Wildman–Crippen MR) is 87.4 cm³/mol. The molecule has 1 amide bonds. The van der Waals surface area contributed by atoms with E-state index in [4.69, 9.17) is 0 Å². The molecule has 1 atom stereocenters. The first-order chi connectivity index (χ1) is 10.6. The zero-order chi connectivity index (χ0) is 15.3. The first-order valence-electron chi connectivity index (χ1n) is 7.58. The number of nitrogens with zero attached hydrogens (tertiary/aromatic N) is 5. The smallest absolute Gasteiger partial charge is 0.241 e. The third-order valence-electron chi connectivity index (χ3n) is 4.69. The number of aryl methyl sites for hydroxylation is 1. The van der Waals surface area contributed by atoms with Crippen LogP contribution in [0.1, 0.15) is 5.56 Å². The molecule has 116 valence electrons. The number of hydrogen-bond donors (Lipinski definition) is 0. The molecule has 22 heavy (non-hydrogen) atoms. The summed E-state index contributed by atoms with van der Waals surface area (Å²) >= 11 is 1.69. The quantitative estimate of drug-likeness (QED) is 0.784. The number of amides is 1. The summed E-state index contributed by atoms with van der Waals surface area (Å²) in [6.07, 6.45) is 1.64. The average molecular weight is 317 g/mol. The Hall–Kier alpha value is -1.73. The normalized spacial score (nSPS) is 23.2. The van der Waals surface area contributed by atoms with Gasteiger partial charge in [0.25, 0.3) is 0 Å². The number of piperazine rings is 2. The molecule has 4 heterocycles. The summed E-state index contributed by atoms with van der Waals surface area (Å²) in [5.41, 5.74) is 2.22. The Morgan fingerprint density at radius 1 is 1.23 bits per heavy atom. The second-order valence-electron chi connectivity index (χ2n) is 6.05. The molecule has 0 radical (unpaired) electrons. The Bertz CT molecular complexity index is 730. The largest absolute Gasteiger partial charge is 0.352 e. The minimum absolute atomic E-state index is 0.0430. The summed E-state index contributed by atoms with van der Waals surface area (Å²) in [5, 5.41) is 2.12. The molecule has 0 N–H and O–H groups in total. The fourth-order valence-corrected chi connectivity index (χ4v) is 4.36. The zero-order valence-corrected chi connectivity index (χ0v) is 13.6. The van der Waals surface area contributed by atoms with Crippen LogP contribution in [0, 0.1) is 6.92 Å². The Labute approximate surface area is 133 Å². The molecule has 0 aromatic carbocycles. The lowest BCUT2D eigenvalue weighted by atomic mass is 10.1. The SMILES string of the molecule is Cc1csc2c(N3CCN4CCN(C)C(=O)[C@@H]4C3)ncnc12. The van der Waals surface area contributed by atoms with Crippen LogP contribution in [0.2, 0.25) is 0 Å². The van der Waals surface area contributed by atoms with Crippen LogP contribution in [0.15, 0.2) is 11.7 Å². The third-order valence-corrected chi connectivity index (χ3v) is 5.77. The highest BCUT2D eigenvalue weighted by molar-refractivity contribution is 7.18. The maximum atomic E-state index is 12.4. The number of fused-ring (bicyclic) bond motifs is 2. The van der Waals surface area contributed by atoms with Crippen molar-refractivity contribution in [1.29, 1.82) is 0 Å². The number of carbonyl (C=O) groups is 1. The van der Waals surface area contributed by atoms with Crippen LogP contribution in [-0.4, -0.2) is 71.5 Å². The molecular formula is C15H19N5OS. The number of thiophene rings is 1. The van der Waals surface area contributed by atoms with Crippen molar-refractivity contribution in [3.8, 4) is 0 Å². The molecule has 6 nitrogen and oxygen atoms in total. The second-order valence-corrected chi connectivity index (χ2v) is 6.93. The van der Waals surface area contributed by atoms with Crippen LogP contribution < -0.4 is 4.90 Å². The lowest BCUT2D eigenvalue weighted by molar-refractivity contribution is -0.140. The van der Waals surface area contributed by atoms with Gasteiger partial charge in [-0.2, -0.15) is 0 Å². The molecule has 2 aliphatic rings. The first-order valence-corrected chi connectivity index (χ1v) is 8.46. The van der Waals surface area contributed by atoms with E-state index in [1.807, 2.05) is 11.9 Å². The summed E-state index contributed by atoms with van der Waals surface area (Å²) in [5.74, 6) is 1.20. The number of hydrogen-bond acceptors (Lipinski definition) is 6. The highest BCUT2D eigenvalue weighted by Crippen LogP contribution is 2.32. The van der Waals surface area contributed by atoms with Crippen molar-refractivity contribution < 1.29 is 4.79 Å². The van der Waals surface area contributed by atoms with Gasteiger partial charge in [0.2, 0.25) is 5.91 Å². The van der Waals surface area contributed by atoms with Gasteiger partial charge in [0.05, 0.1) is 10.2 Å². The van der Waals surface area contributed by atoms with Crippen molar-refractivity contribution in [2.24, 2.45) is 0 Å². The van der Waals surface area contributed by atoms with Crippen molar-refractivity contribution in [3.63, 3.8) is 0 Å². The molecule has 2 aromatic heterocycles. The molecule has 0 aliphatic carbocycles. The molecule has 0 bridgehead atoms. The van der Waals surface area contributed by atoms with Crippen LogP contribution in [-0.2, 0) is 4.79 Å². The molecule has 2 saturated heterocycles. The van der Waals surface area contributed by atoms with E-state index in [0.29, 0.717) is 6.54 Å². The molecule has 0 spiro atoms. The van der Waals surface area contributed by atoms with E-state index < -0.39 is 0 Å². The van der Waals surface area contributed by atoms with Gasteiger partial charge in [-0.15, -0.1) is 11.3 Å². The van der Waals surface area contributed by atoms with Crippen molar-refractivity contribution in [2.75, 3.05) is 44.7 Å². The van der Waals surface area contributed by atoms with Crippen molar-refractivity contribution in [3.05, 3.63) is 17.3 Å². The Morgan fingerprint density at radius 3 is 2.91 bits per heavy atom. The van der Waals surface area contributed by atoms with Crippen molar-refractivity contribution in [1.82, 2.24) is 19.8 Å². The van der Waals surface area contributed by atoms with Crippen molar-refractivity contribution in [2.45, 2.75) is 13.0 Å². The molecular weight excluding hydrogens is 298 g/mol. The number of rotatable bonds is 1. The fourth-order valence-electron chi connectivity index (χ4n) is 3.34. The van der Waals surface area contributed by atoms with Gasteiger partial charge in [-0.3, -0.25) is 9.69 Å². The van der Waals surface area contributed by atoms with Crippen LogP contribution in [0.25, 0.3) is 10.2 Å². The zero-order valence-electron chi connectivity index (χ0n) is 12.8. The van der Waals surface area contributed by atoms with Gasteiger partial charge in [0.15, 0.2) is 0 Å². The summed E-state index contributed by atoms with van der Waals surface area (Å²) < 4.78 is 1.13. The summed E-state index contributed by atoms with van der Waals surface area (Å²) in [7, 11) is 1.89. The third kappa shape index (κ3) is 2.07. The second kappa shape index (κ2) is 5.17. The predicted octanol–water partition coefficient (Wildman–Crippen LogP) is 0.962. The molecule has 7 heteroatoms. The van der Waals surface area contributed by atoms with Crippen LogP contribution in [0.4, 0.5) is 5.82 Å². The van der Waals surface area contributed by atoms with Gasteiger partial charge in [-0.05, 0) is 17.9 Å². The van der Waals surface area contributed by atoms with Crippen LogP contribution in [0.5, 0.6) is 0 Å². The standard InChI is InChI=1S/C15H19N5OS/c1-10-8-22-13-12(10)16-9-17-14(13)20-6-5-19-4-3-18(2)15(21)11(19)7-20/h8-9,11H,3-7H2,1-2H3/t11-/m0/s1. The molecule has 2 fully saturated rings. The number of aromatic nitrogens is 2. The maximum Gasteiger partial charge on any atom is 0.241 e.